The average Bonchev–Trinajstić information content (AvgIpc) is 3.49. The molecule has 0 amide bonds. The topological polar surface area (TPSA) is 79.6 Å². The van der Waals surface area contributed by atoms with Crippen molar-refractivity contribution in [2.45, 2.75) is 12.1 Å². The van der Waals surface area contributed by atoms with Crippen molar-refractivity contribution < 1.29 is 14.6 Å². The number of esters is 1. The number of nitrogens with zero attached hydrogens (tertiary/aromatic N) is 3. The Morgan fingerprint density at radius 2 is 1.88 bits per heavy atom. The third-order valence-corrected chi connectivity index (χ3v) is 6.18. The molecule has 3 heterocycles. The predicted octanol–water partition coefficient (Wildman–Crippen LogP) is 4.54. The van der Waals surface area contributed by atoms with Gasteiger partial charge in [0.15, 0.2) is 5.11 Å². The molecule has 1 fully saturated rings. The van der Waals surface area contributed by atoms with E-state index in [2.05, 4.69) is 10.3 Å². The summed E-state index contributed by atoms with van der Waals surface area (Å²) in [7, 11) is 1.36. The van der Waals surface area contributed by atoms with Crippen molar-refractivity contribution in [3.63, 3.8) is 0 Å². The highest BCUT2D eigenvalue weighted by atomic mass is 32.1. The summed E-state index contributed by atoms with van der Waals surface area (Å²) in [4.78, 5) is 18.6. The smallest absolute Gasteiger partial charge is 0.337 e. The first-order valence-electron chi connectivity index (χ1n) is 10.7. The molecule has 0 saturated carbocycles. The van der Waals surface area contributed by atoms with Crippen LogP contribution in [0.4, 0.5) is 5.69 Å². The first kappa shape index (κ1) is 21.7. The number of aromatic hydroxyl groups is 1. The maximum atomic E-state index is 12.1. The molecule has 7 nitrogen and oxygen atoms in total. The molecule has 1 saturated heterocycles. The van der Waals surface area contributed by atoms with Crippen LogP contribution < -0.4 is 10.2 Å². The fourth-order valence-electron chi connectivity index (χ4n) is 4.35. The Morgan fingerprint density at radius 3 is 2.65 bits per heavy atom. The molecule has 5 rings (SSSR count). The van der Waals surface area contributed by atoms with Gasteiger partial charge in [0.05, 0.1) is 30.1 Å². The molecule has 8 heteroatoms. The SMILES string of the molecule is COC(=O)c1cccc(-n2cccc2[C@H]2[C@@H](c3ccccn3)NC(=S)N2c2ccccc2O)c1. The first-order valence-corrected chi connectivity index (χ1v) is 11.1. The molecule has 2 aromatic heterocycles. The van der Waals surface area contributed by atoms with Gasteiger partial charge in [-0.05, 0) is 66.8 Å². The summed E-state index contributed by atoms with van der Waals surface area (Å²) < 4.78 is 6.91. The average molecular weight is 471 g/mol. The van der Waals surface area contributed by atoms with E-state index >= 15 is 0 Å². The Bertz CT molecular complexity index is 1350. The lowest BCUT2D eigenvalue weighted by atomic mass is 10.0. The molecule has 1 aliphatic rings. The highest BCUT2D eigenvalue weighted by molar-refractivity contribution is 7.80. The van der Waals surface area contributed by atoms with Gasteiger partial charge >= 0.3 is 5.97 Å². The highest BCUT2D eigenvalue weighted by Crippen LogP contribution is 2.44. The van der Waals surface area contributed by atoms with Gasteiger partial charge in [0, 0.05) is 23.8 Å². The highest BCUT2D eigenvalue weighted by Gasteiger charge is 2.43. The number of carbonyl (C=O) groups is 1. The largest absolute Gasteiger partial charge is 0.506 e. The van der Waals surface area contributed by atoms with Crippen molar-refractivity contribution in [2.24, 2.45) is 0 Å². The summed E-state index contributed by atoms with van der Waals surface area (Å²) in [5.41, 5.74) is 3.59. The molecule has 2 atom stereocenters. The number of aromatic nitrogens is 2. The Kier molecular flexibility index (Phi) is 5.73. The van der Waals surface area contributed by atoms with Gasteiger partial charge in [-0.2, -0.15) is 0 Å². The number of carbonyl (C=O) groups excluding carboxylic acids is 1. The molecule has 0 aliphatic carbocycles. The molecule has 170 valence electrons. The van der Waals surface area contributed by atoms with Gasteiger partial charge in [-0.25, -0.2) is 4.79 Å². The quantitative estimate of drug-likeness (QED) is 0.327. The summed E-state index contributed by atoms with van der Waals surface area (Å²) in [5.74, 6) is -0.273. The van der Waals surface area contributed by atoms with E-state index in [9.17, 15) is 9.90 Å². The van der Waals surface area contributed by atoms with Crippen LogP contribution in [-0.2, 0) is 4.74 Å². The van der Waals surface area contributed by atoms with E-state index in [0.717, 1.165) is 17.1 Å². The Labute approximate surface area is 202 Å². The van der Waals surface area contributed by atoms with Crippen molar-refractivity contribution in [1.29, 1.82) is 0 Å². The number of rotatable bonds is 5. The standard InChI is InChI=1S/C26H22N4O3S/c1-33-25(32)17-8-6-9-18(16-17)29-15-7-12-21(29)24-23(19-10-4-5-14-27-19)28-26(34)30(24)20-11-2-3-13-22(20)31/h2-16,23-24,31H,1H3,(H,28,34)/t23-,24+/m1/s1. The van der Waals surface area contributed by atoms with Crippen LogP contribution in [0.15, 0.2) is 91.3 Å². The van der Waals surface area contributed by atoms with E-state index in [0.29, 0.717) is 16.4 Å². The summed E-state index contributed by atoms with van der Waals surface area (Å²) in [6, 6.07) is 23.5. The van der Waals surface area contributed by atoms with Crippen molar-refractivity contribution in [3.8, 4) is 11.4 Å². The summed E-state index contributed by atoms with van der Waals surface area (Å²) in [6.45, 7) is 0. The number of benzene rings is 2. The first-order chi connectivity index (χ1) is 16.6. The predicted molar refractivity (Wildman–Crippen MR) is 133 cm³/mol. The molecule has 4 aromatic rings. The number of hydrogen-bond donors (Lipinski definition) is 2. The van der Waals surface area contributed by atoms with E-state index in [1.807, 2.05) is 70.3 Å². The number of hydrogen-bond acceptors (Lipinski definition) is 5. The second-order valence-electron chi connectivity index (χ2n) is 7.83. The molecule has 0 spiro atoms. The number of methoxy groups -OCH3 is 1. The summed E-state index contributed by atoms with van der Waals surface area (Å²) in [5, 5.41) is 14.6. The lowest BCUT2D eigenvalue weighted by Gasteiger charge is -2.29. The Balaban J connectivity index is 1.67. The van der Waals surface area contributed by atoms with Gasteiger partial charge in [0.1, 0.15) is 11.8 Å². The van der Waals surface area contributed by atoms with E-state index in [-0.39, 0.29) is 17.8 Å². The van der Waals surface area contributed by atoms with Gasteiger partial charge in [-0.1, -0.05) is 24.3 Å². The van der Waals surface area contributed by atoms with Crippen molar-refractivity contribution in [1.82, 2.24) is 14.9 Å². The van der Waals surface area contributed by atoms with Crippen molar-refractivity contribution in [3.05, 3.63) is 108 Å². The Morgan fingerprint density at radius 1 is 1.06 bits per heavy atom. The lowest BCUT2D eigenvalue weighted by Crippen LogP contribution is -2.30. The molecular formula is C26H22N4O3S. The number of pyridine rings is 1. The van der Waals surface area contributed by atoms with Crippen molar-refractivity contribution >= 4 is 29.0 Å². The van der Waals surface area contributed by atoms with Crippen LogP contribution >= 0.6 is 12.2 Å². The molecule has 0 unspecified atom stereocenters. The zero-order valence-electron chi connectivity index (χ0n) is 18.3. The van der Waals surface area contributed by atoms with Gasteiger partial charge in [0.2, 0.25) is 0 Å². The van der Waals surface area contributed by atoms with E-state index < -0.39 is 5.97 Å². The second-order valence-corrected chi connectivity index (χ2v) is 8.22. The van der Waals surface area contributed by atoms with Crippen LogP contribution in [0, 0.1) is 0 Å². The maximum absolute atomic E-state index is 12.1. The number of phenols is 1. The molecule has 1 aliphatic heterocycles. The number of nitrogens with one attached hydrogen (secondary N) is 1. The third kappa shape index (κ3) is 3.78. The number of ether oxygens (including phenoxy) is 1. The summed E-state index contributed by atoms with van der Waals surface area (Å²) >= 11 is 5.75. The fraction of sp³-hybridized carbons (Fsp3) is 0.115. The second kappa shape index (κ2) is 8.99. The van der Waals surface area contributed by atoms with E-state index in [4.69, 9.17) is 17.0 Å². The van der Waals surface area contributed by atoms with Crippen LogP contribution in [0.3, 0.4) is 0 Å². The number of phenolic OH excluding ortho intramolecular Hbond substituents is 1. The van der Waals surface area contributed by atoms with Gasteiger partial charge in [-0.3, -0.25) is 4.98 Å². The van der Waals surface area contributed by atoms with Crippen LogP contribution in [0.2, 0.25) is 0 Å². The van der Waals surface area contributed by atoms with Crippen LogP contribution in [0.25, 0.3) is 5.69 Å². The molecule has 0 bridgehead atoms. The lowest BCUT2D eigenvalue weighted by molar-refractivity contribution is 0.0600. The maximum Gasteiger partial charge on any atom is 0.337 e. The number of anilines is 1. The van der Waals surface area contributed by atoms with Gasteiger partial charge < -0.3 is 24.6 Å². The zero-order chi connectivity index (χ0) is 23.7. The van der Waals surface area contributed by atoms with Crippen LogP contribution in [0.1, 0.15) is 33.8 Å². The normalized spacial score (nSPS) is 17.4. The Hall–Kier alpha value is -4.17. The number of para-hydroxylation sites is 2. The third-order valence-electron chi connectivity index (χ3n) is 5.87. The molecule has 34 heavy (non-hydrogen) atoms. The van der Waals surface area contributed by atoms with Crippen LogP contribution in [0.5, 0.6) is 5.75 Å². The minimum absolute atomic E-state index is 0.129. The molecule has 0 radical (unpaired) electrons. The van der Waals surface area contributed by atoms with Crippen molar-refractivity contribution in [2.75, 3.05) is 12.0 Å². The summed E-state index contributed by atoms with van der Waals surface area (Å²) in [6.07, 6.45) is 3.68. The van der Waals surface area contributed by atoms with E-state index in [1.54, 1.807) is 30.5 Å². The van der Waals surface area contributed by atoms with E-state index in [1.165, 1.54) is 7.11 Å². The monoisotopic (exact) mass is 470 g/mol. The molecule has 2 aromatic carbocycles. The minimum atomic E-state index is -0.401. The van der Waals surface area contributed by atoms with Gasteiger partial charge in [0.25, 0.3) is 0 Å². The zero-order valence-corrected chi connectivity index (χ0v) is 19.1. The van der Waals surface area contributed by atoms with Gasteiger partial charge in [-0.15, -0.1) is 0 Å². The molecule has 2 N–H and O–H groups in total. The fourth-order valence-corrected chi connectivity index (χ4v) is 4.69. The van der Waals surface area contributed by atoms with Crippen LogP contribution in [-0.4, -0.2) is 32.8 Å². The molecular weight excluding hydrogens is 448 g/mol. The minimum Gasteiger partial charge on any atom is -0.506 e. The number of thiocarbonyl (C=S) groups is 1.